The number of rotatable bonds is 6. The molecule has 31 heavy (non-hydrogen) atoms. The van der Waals surface area contributed by atoms with Crippen LogP contribution < -0.4 is 21.7 Å². The number of hydrogen-bond acceptors (Lipinski definition) is 7. The van der Waals surface area contributed by atoms with Crippen molar-refractivity contribution in [2.24, 2.45) is 0 Å². The van der Waals surface area contributed by atoms with Crippen molar-refractivity contribution in [3.63, 3.8) is 0 Å². The summed E-state index contributed by atoms with van der Waals surface area (Å²) >= 11 is 12.8. The van der Waals surface area contributed by atoms with Gasteiger partial charge in [0.05, 0.1) is 39.2 Å². The summed E-state index contributed by atoms with van der Waals surface area (Å²) in [7, 11) is 0. The van der Waals surface area contributed by atoms with Gasteiger partial charge in [-0.3, -0.25) is 10.2 Å². The third kappa shape index (κ3) is 4.46. The second-order valence-corrected chi connectivity index (χ2v) is 7.79. The highest BCUT2D eigenvalue weighted by Gasteiger charge is 2.24. The van der Waals surface area contributed by atoms with E-state index >= 15 is 0 Å². The lowest BCUT2D eigenvalue weighted by Crippen LogP contribution is -2.51. The van der Waals surface area contributed by atoms with Crippen molar-refractivity contribution in [3.05, 3.63) is 75.5 Å². The third-order valence-electron chi connectivity index (χ3n) is 4.85. The van der Waals surface area contributed by atoms with E-state index in [9.17, 15) is 4.79 Å². The molecule has 0 unspecified atom stereocenters. The van der Waals surface area contributed by atoms with Gasteiger partial charge in [0.1, 0.15) is 11.6 Å². The standard InChI is InChI=1S/C21H19Cl2N7O/c22-14-7-11(21(31)30-16-3-1-2-6-27-16)4-5-13(14)18(24)17-19(29-12-8-26-9-12)15(23)10-28-20(17)25/h1-7,10,12,24,26H,8-9H2,(H3,25,28,29)(H,27,30,31). The van der Waals surface area contributed by atoms with Crippen LogP contribution in [-0.2, 0) is 0 Å². The average Bonchev–Trinajstić information content (AvgIpc) is 2.73. The number of benzene rings is 1. The molecule has 0 saturated carbocycles. The number of nitrogen functional groups attached to an aromatic ring is 1. The summed E-state index contributed by atoms with van der Waals surface area (Å²) in [5.41, 5.74) is 7.81. The van der Waals surface area contributed by atoms with Crippen LogP contribution in [0.2, 0.25) is 10.0 Å². The molecule has 1 fully saturated rings. The minimum absolute atomic E-state index is 0.0592. The molecule has 0 aliphatic carbocycles. The van der Waals surface area contributed by atoms with Crippen molar-refractivity contribution in [2.75, 3.05) is 29.5 Å². The van der Waals surface area contributed by atoms with Gasteiger partial charge in [-0.1, -0.05) is 35.3 Å². The number of halogens is 2. The van der Waals surface area contributed by atoms with Gasteiger partial charge in [0.15, 0.2) is 0 Å². The summed E-state index contributed by atoms with van der Waals surface area (Å²) in [6, 6.07) is 10.1. The Kier molecular flexibility index (Phi) is 6.03. The zero-order chi connectivity index (χ0) is 22.0. The largest absolute Gasteiger partial charge is 0.383 e. The highest BCUT2D eigenvalue weighted by molar-refractivity contribution is 6.38. The second-order valence-electron chi connectivity index (χ2n) is 6.98. The Morgan fingerprint density at radius 1 is 1.16 bits per heavy atom. The van der Waals surface area contributed by atoms with Crippen LogP contribution >= 0.6 is 23.2 Å². The SMILES string of the molecule is N=C(c1ccc(C(=O)Nc2ccccn2)cc1Cl)c1c(N)ncc(Cl)c1NC1CNC1. The molecule has 4 rings (SSSR count). The fraction of sp³-hybridized carbons (Fsp3) is 0.143. The third-order valence-corrected chi connectivity index (χ3v) is 5.45. The van der Waals surface area contributed by atoms with E-state index in [1.807, 2.05) is 0 Å². The zero-order valence-electron chi connectivity index (χ0n) is 16.2. The maximum absolute atomic E-state index is 12.5. The van der Waals surface area contributed by atoms with Crippen molar-refractivity contribution >= 4 is 52.1 Å². The summed E-state index contributed by atoms with van der Waals surface area (Å²) in [4.78, 5) is 20.7. The minimum Gasteiger partial charge on any atom is -0.383 e. The van der Waals surface area contributed by atoms with E-state index in [2.05, 4.69) is 25.9 Å². The van der Waals surface area contributed by atoms with Gasteiger partial charge in [-0.05, 0) is 24.3 Å². The summed E-state index contributed by atoms with van der Waals surface area (Å²) in [6.07, 6.45) is 3.04. The molecule has 1 amide bonds. The number of carbonyl (C=O) groups is 1. The maximum atomic E-state index is 12.5. The molecule has 1 aliphatic heterocycles. The van der Waals surface area contributed by atoms with Gasteiger partial charge in [0.2, 0.25) is 0 Å². The molecule has 6 N–H and O–H groups in total. The number of nitrogens with one attached hydrogen (secondary N) is 4. The van der Waals surface area contributed by atoms with Crippen molar-refractivity contribution in [3.8, 4) is 0 Å². The van der Waals surface area contributed by atoms with Crippen LogP contribution in [0.4, 0.5) is 17.3 Å². The Labute approximate surface area is 188 Å². The molecule has 0 radical (unpaired) electrons. The van der Waals surface area contributed by atoms with Crippen molar-refractivity contribution < 1.29 is 4.79 Å². The summed E-state index contributed by atoms with van der Waals surface area (Å²) in [5, 5.41) is 18.5. The Morgan fingerprint density at radius 3 is 2.61 bits per heavy atom. The molecule has 8 nitrogen and oxygen atoms in total. The first-order valence-corrected chi connectivity index (χ1v) is 10.2. The average molecular weight is 456 g/mol. The number of pyridine rings is 2. The monoisotopic (exact) mass is 455 g/mol. The van der Waals surface area contributed by atoms with E-state index in [1.165, 1.54) is 12.3 Å². The van der Waals surface area contributed by atoms with Crippen LogP contribution in [-0.4, -0.2) is 40.7 Å². The van der Waals surface area contributed by atoms with Crippen LogP contribution in [0.5, 0.6) is 0 Å². The molecule has 3 aromatic rings. The second kappa shape index (κ2) is 8.89. The zero-order valence-corrected chi connectivity index (χ0v) is 17.8. The fourth-order valence-corrected chi connectivity index (χ4v) is 3.58. The fourth-order valence-electron chi connectivity index (χ4n) is 3.11. The highest BCUT2D eigenvalue weighted by Crippen LogP contribution is 2.33. The molecule has 10 heteroatoms. The predicted octanol–water partition coefficient (Wildman–Crippen LogP) is 3.42. The quantitative estimate of drug-likeness (QED) is 0.362. The molecule has 0 spiro atoms. The predicted molar refractivity (Wildman–Crippen MR) is 124 cm³/mol. The van der Waals surface area contributed by atoms with Gasteiger partial charge >= 0.3 is 0 Å². The lowest BCUT2D eigenvalue weighted by molar-refractivity contribution is 0.102. The van der Waals surface area contributed by atoms with Gasteiger partial charge in [-0.25, -0.2) is 9.97 Å². The molecule has 2 aromatic heterocycles. The van der Waals surface area contributed by atoms with Crippen LogP contribution in [0.1, 0.15) is 21.5 Å². The molecule has 3 heterocycles. The summed E-state index contributed by atoms with van der Waals surface area (Å²) in [6.45, 7) is 1.57. The first-order chi connectivity index (χ1) is 14.9. The number of hydrogen-bond donors (Lipinski definition) is 5. The minimum atomic E-state index is -0.359. The smallest absolute Gasteiger partial charge is 0.256 e. The molecular formula is C21H19Cl2N7O. The van der Waals surface area contributed by atoms with E-state index in [1.54, 1.807) is 36.5 Å². The number of nitrogens with zero attached hydrogens (tertiary/aromatic N) is 2. The molecule has 0 atom stereocenters. The van der Waals surface area contributed by atoms with E-state index < -0.39 is 0 Å². The summed E-state index contributed by atoms with van der Waals surface area (Å²) < 4.78 is 0. The van der Waals surface area contributed by atoms with Crippen LogP contribution in [0.15, 0.2) is 48.8 Å². The molecule has 1 saturated heterocycles. The number of anilines is 3. The van der Waals surface area contributed by atoms with Crippen LogP contribution in [0, 0.1) is 5.41 Å². The van der Waals surface area contributed by atoms with E-state index in [4.69, 9.17) is 34.3 Å². The normalized spacial score (nSPS) is 13.4. The Hall–Kier alpha value is -3.20. The van der Waals surface area contributed by atoms with Gasteiger partial charge in [0, 0.05) is 30.4 Å². The molecule has 0 bridgehead atoms. The van der Waals surface area contributed by atoms with Crippen LogP contribution in [0.3, 0.4) is 0 Å². The van der Waals surface area contributed by atoms with Gasteiger partial charge < -0.3 is 21.7 Å². The van der Waals surface area contributed by atoms with E-state index in [-0.39, 0.29) is 28.5 Å². The van der Waals surface area contributed by atoms with Crippen molar-refractivity contribution in [2.45, 2.75) is 6.04 Å². The van der Waals surface area contributed by atoms with Gasteiger partial charge in [0.25, 0.3) is 5.91 Å². The molecule has 1 aliphatic rings. The Balaban J connectivity index is 1.62. The number of nitrogens with two attached hydrogens (primary N) is 1. The lowest BCUT2D eigenvalue weighted by atomic mass is 9.99. The Bertz CT molecular complexity index is 1150. The first-order valence-electron chi connectivity index (χ1n) is 9.46. The van der Waals surface area contributed by atoms with Crippen LogP contribution in [0.25, 0.3) is 0 Å². The van der Waals surface area contributed by atoms with E-state index in [0.29, 0.717) is 33.2 Å². The number of carbonyl (C=O) groups excluding carboxylic acids is 1. The molecule has 158 valence electrons. The molecule has 1 aromatic carbocycles. The highest BCUT2D eigenvalue weighted by atomic mass is 35.5. The first kappa shape index (κ1) is 21.0. The topological polar surface area (TPSA) is 129 Å². The lowest BCUT2D eigenvalue weighted by Gasteiger charge is -2.30. The van der Waals surface area contributed by atoms with Crippen molar-refractivity contribution in [1.29, 1.82) is 5.41 Å². The number of aromatic nitrogens is 2. The van der Waals surface area contributed by atoms with Gasteiger partial charge in [-0.15, -0.1) is 0 Å². The Morgan fingerprint density at radius 2 is 1.97 bits per heavy atom. The molecular weight excluding hydrogens is 437 g/mol. The summed E-state index contributed by atoms with van der Waals surface area (Å²) in [5.74, 6) is 0.235. The van der Waals surface area contributed by atoms with E-state index in [0.717, 1.165) is 13.1 Å². The maximum Gasteiger partial charge on any atom is 0.256 e. The van der Waals surface area contributed by atoms with Gasteiger partial charge in [-0.2, -0.15) is 0 Å². The van der Waals surface area contributed by atoms with Crippen molar-refractivity contribution in [1.82, 2.24) is 15.3 Å². The number of amides is 1.